The van der Waals surface area contributed by atoms with Crippen LogP contribution in [0.15, 0.2) is 18.2 Å². The molecular formula is C22H41BN2O2. The molecule has 0 unspecified atom stereocenters. The van der Waals surface area contributed by atoms with Crippen molar-refractivity contribution < 1.29 is 9.39 Å². The molecule has 1 rings (SSSR count). The smallest absolute Gasteiger partial charge is 0.275 e. The van der Waals surface area contributed by atoms with E-state index in [4.69, 9.17) is 9.39 Å². The molecule has 4 nitrogen and oxygen atoms in total. The molecule has 27 heavy (non-hydrogen) atoms. The summed E-state index contributed by atoms with van der Waals surface area (Å²) in [6.07, 6.45) is 3.36. The number of ether oxygens (including phenoxy) is 1. The van der Waals surface area contributed by atoms with Crippen molar-refractivity contribution in [3.63, 3.8) is 0 Å². The lowest BCUT2D eigenvalue weighted by Gasteiger charge is -2.22. The van der Waals surface area contributed by atoms with Gasteiger partial charge in [0.2, 0.25) is 0 Å². The Hall–Kier alpha value is -1.04. The highest BCUT2D eigenvalue weighted by Crippen LogP contribution is 2.22. The van der Waals surface area contributed by atoms with Gasteiger partial charge >= 0.3 is 0 Å². The highest BCUT2D eigenvalue weighted by atomic mass is 16.5. The quantitative estimate of drug-likeness (QED) is 0.349. The lowest BCUT2D eigenvalue weighted by molar-refractivity contribution is 0.233. The van der Waals surface area contributed by atoms with Gasteiger partial charge in [-0.2, -0.15) is 0 Å². The maximum Gasteiger partial charge on any atom is 0.275 e. The lowest BCUT2D eigenvalue weighted by atomic mass is 9.87. The number of nitrogens with one attached hydrogen (secondary N) is 1. The number of nitrogens with zero attached hydrogens (tertiary/aromatic N) is 1. The predicted molar refractivity (Wildman–Crippen MR) is 118 cm³/mol. The molecule has 0 heterocycles. The zero-order chi connectivity index (χ0) is 19.9. The molecule has 0 saturated heterocycles. The van der Waals surface area contributed by atoms with Crippen molar-refractivity contribution in [3.8, 4) is 5.75 Å². The molecule has 0 fully saturated rings. The van der Waals surface area contributed by atoms with E-state index in [1.807, 2.05) is 0 Å². The van der Waals surface area contributed by atoms with Crippen molar-refractivity contribution in [2.24, 2.45) is 5.92 Å². The summed E-state index contributed by atoms with van der Waals surface area (Å²) in [4.78, 5) is 2.53. The Kier molecular flexibility index (Phi) is 13.3. The average molecular weight is 376 g/mol. The Morgan fingerprint density at radius 2 is 1.96 bits per heavy atom. The van der Waals surface area contributed by atoms with Crippen LogP contribution in [0.25, 0.3) is 0 Å². The van der Waals surface area contributed by atoms with Crippen LogP contribution in [0, 0.1) is 12.8 Å². The second-order valence-electron chi connectivity index (χ2n) is 7.67. The van der Waals surface area contributed by atoms with Crippen molar-refractivity contribution in [1.82, 2.24) is 10.2 Å². The predicted octanol–water partition coefficient (Wildman–Crippen LogP) is 4.03. The number of likely N-dealkylation sites (N-methyl/N-ethyl adjacent to an activating group) is 1. The fraction of sp³-hybridized carbons (Fsp3) is 0.727. The van der Waals surface area contributed by atoms with Crippen molar-refractivity contribution in [2.75, 3.05) is 39.3 Å². The summed E-state index contributed by atoms with van der Waals surface area (Å²) in [5.41, 5.74) is 2.44. The monoisotopic (exact) mass is 376 g/mol. The van der Waals surface area contributed by atoms with E-state index in [9.17, 15) is 0 Å². The molecule has 0 bridgehead atoms. The van der Waals surface area contributed by atoms with Gasteiger partial charge in [-0.3, -0.25) is 0 Å². The van der Waals surface area contributed by atoms with E-state index < -0.39 is 0 Å². The van der Waals surface area contributed by atoms with Gasteiger partial charge in [0, 0.05) is 19.6 Å². The summed E-state index contributed by atoms with van der Waals surface area (Å²) in [7, 11) is 0.822. The number of hydrogen-bond donors (Lipinski definition) is 1. The molecule has 1 aromatic carbocycles. The van der Waals surface area contributed by atoms with Crippen LogP contribution in [0.4, 0.5) is 0 Å². The van der Waals surface area contributed by atoms with E-state index in [2.05, 4.69) is 63.0 Å². The van der Waals surface area contributed by atoms with Gasteiger partial charge in [-0.05, 0) is 56.4 Å². The summed E-state index contributed by atoms with van der Waals surface area (Å²) in [5, 5.41) is 3.41. The minimum absolute atomic E-state index is 0.671. The van der Waals surface area contributed by atoms with Crippen LogP contribution in [0.2, 0.25) is 6.32 Å². The second-order valence-corrected chi connectivity index (χ2v) is 7.67. The molecule has 154 valence electrons. The summed E-state index contributed by atoms with van der Waals surface area (Å²) >= 11 is 0. The fourth-order valence-corrected chi connectivity index (χ4v) is 3.01. The summed E-state index contributed by atoms with van der Waals surface area (Å²) in [6.45, 7) is 17.9. The maximum absolute atomic E-state index is 6.08. The van der Waals surface area contributed by atoms with Crippen molar-refractivity contribution in [3.05, 3.63) is 29.3 Å². The third-order valence-electron chi connectivity index (χ3n) is 4.76. The second kappa shape index (κ2) is 15.0. The van der Waals surface area contributed by atoms with E-state index in [0.717, 1.165) is 65.3 Å². The van der Waals surface area contributed by atoms with Crippen molar-refractivity contribution in [1.29, 1.82) is 0 Å². The van der Waals surface area contributed by atoms with E-state index in [1.165, 1.54) is 17.5 Å². The molecule has 0 spiro atoms. The normalized spacial score (nSPS) is 11.4. The summed E-state index contributed by atoms with van der Waals surface area (Å²) in [5.74, 6) is 1.68. The van der Waals surface area contributed by atoms with Crippen LogP contribution in [0.3, 0.4) is 0 Å². The molecule has 0 radical (unpaired) electrons. The van der Waals surface area contributed by atoms with E-state index in [1.54, 1.807) is 0 Å². The molecule has 1 N–H and O–H groups in total. The van der Waals surface area contributed by atoms with Gasteiger partial charge in [-0.1, -0.05) is 45.7 Å². The Morgan fingerprint density at radius 3 is 2.67 bits per heavy atom. The number of hydrogen-bond acceptors (Lipinski definition) is 4. The SMILES string of the molecule is CCCN(CCCOc1cccc(COBCC(C)C)c1C)CCNCC. The standard InChI is InChI=1S/C22H41BN2O2/c1-6-13-25(15-12-24-7-2)14-9-16-26-22-11-8-10-21(20(22)5)18-27-23-17-19(3)4/h8,10-11,19,23-24H,6-7,9,12-18H2,1-5H3. The van der Waals surface area contributed by atoms with Crippen LogP contribution in [0.5, 0.6) is 5.75 Å². The number of rotatable bonds is 16. The minimum atomic E-state index is 0.671. The Bertz CT molecular complexity index is 497. The minimum Gasteiger partial charge on any atom is -0.493 e. The first-order valence-corrected chi connectivity index (χ1v) is 10.8. The Morgan fingerprint density at radius 1 is 1.15 bits per heavy atom. The van der Waals surface area contributed by atoms with E-state index >= 15 is 0 Å². The fourth-order valence-electron chi connectivity index (χ4n) is 3.01. The first-order valence-electron chi connectivity index (χ1n) is 10.8. The Labute approximate surface area is 168 Å². The highest BCUT2D eigenvalue weighted by molar-refractivity contribution is 6.27. The van der Waals surface area contributed by atoms with Crippen LogP contribution in [0.1, 0.15) is 51.7 Å². The molecule has 0 aromatic heterocycles. The summed E-state index contributed by atoms with van der Waals surface area (Å²) in [6, 6.07) is 6.28. The third kappa shape index (κ3) is 10.8. The molecule has 0 saturated carbocycles. The van der Waals surface area contributed by atoms with Crippen LogP contribution < -0.4 is 10.1 Å². The van der Waals surface area contributed by atoms with E-state index in [-0.39, 0.29) is 0 Å². The summed E-state index contributed by atoms with van der Waals surface area (Å²) < 4.78 is 11.9. The first kappa shape index (κ1) is 24.0. The molecule has 0 aliphatic heterocycles. The van der Waals surface area contributed by atoms with Crippen molar-refractivity contribution in [2.45, 2.75) is 60.4 Å². The molecule has 1 aromatic rings. The molecule has 0 aliphatic carbocycles. The van der Waals surface area contributed by atoms with Gasteiger partial charge < -0.3 is 19.6 Å². The van der Waals surface area contributed by atoms with Crippen molar-refractivity contribution >= 4 is 7.48 Å². The largest absolute Gasteiger partial charge is 0.493 e. The molecule has 0 atom stereocenters. The molecule has 5 heteroatoms. The van der Waals surface area contributed by atoms with Gasteiger partial charge in [-0.15, -0.1) is 0 Å². The van der Waals surface area contributed by atoms with E-state index in [0.29, 0.717) is 12.5 Å². The molecule has 0 aliphatic rings. The zero-order valence-corrected chi connectivity index (χ0v) is 18.4. The first-order chi connectivity index (χ1) is 13.1. The van der Waals surface area contributed by atoms with Crippen LogP contribution in [-0.4, -0.2) is 51.7 Å². The topological polar surface area (TPSA) is 33.7 Å². The zero-order valence-electron chi connectivity index (χ0n) is 18.4. The average Bonchev–Trinajstić information content (AvgIpc) is 2.64. The lowest BCUT2D eigenvalue weighted by Crippen LogP contribution is -2.34. The Balaban J connectivity index is 2.37. The third-order valence-corrected chi connectivity index (χ3v) is 4.76. The van der Waals surface area contributed by atoms with Gasteiger partial charge in [0.15, 0.2) is 0 Å². The van der Waals surface area contributed by atoms with Crippen LogP contribution >= 0.6 is 0 Å². The van der Waals surface area contributed by atoms with Gasteiger partial charge in [0.25, 0.3) is 7.48 Å². The highest BCUT2D eigenvalue weighted by Gasteiger charge is 2.07. The van der Waals surface area contributed by atoms with Crippen LogP contribution in [-0.2, 0) is 11.3 Å². The molecule has 0 amide bonds. The van der Waals surface area contributed by atoms with Gasteiger partial charge in [0.1, 0.15) is 5.75 Å². The number of benzene rings is 1. The van der Waals surface area contributed by atoms with Gasteiger partial charge in [0.05, 0.1) is 13.2 Å². The molecular weight excluding hydrogens is 335 g/mol. The van der Waals surface area contributed by atoms with Gasteiger partial charge in [-0.25, -0.2) is 0 Å². The maximum atomic E-state index is 6.08.